The van der Waals surface area contributed by atoms with Crippen LogP contribution in [0.5, 0.6) is 5.75 Å². The van der Waals surface area contributed by atoms with Gasteiger partial charge in [0.1, 0.15) is 11.6 Å². The van der Waals surface area contributed by atoms with Gasteiger partial charge in [-0.15, -0.1) is 0 Å². The van der Waals surface area contributed by atoms with E-state index in [1.165, 1.54) is 13.2 Å². The monoisotopic (exact) mass is 372 g/mol. The Kier molecular flexibility index (Phi) is 6.42. The second kappa shape index (κ2) is 8.97. The van der Waals surface area contributed by atoms with Crippen molar-refractivity contribution in [2.75, 3.05) is 40.4 Å². The lowest BCUT2D eigenvalue weighted by Gasteiger charge is -2.35. The lowest BCUT2D eigenvalue weighted by Crippen LogP contribution is -2.45. The van der Waals surface area contributed by atoms with Gasteiger partial charge in [0.25, 0.3) is 0 Å². The van der Waals surface area contributed by atoms with Crippen LogP contribution in [-0.2, 0) is 17.8 Å². The highest BCUT2D eigenvalue weighted by atomic mass is 19.1. The van der Waals surface area contributed by atoms with Gasteiger partial charge >= 0.3 is 5.97 Å². The minimum atomic E-state index is -0.314. The number of ether oxygens (including phenoxy) is 2. The molecule has 0 amide bonds. The van der Waals surface area contributed by atoms with Crippen molar-refractivity contribution in [2.45, 2.75) is 13.1 Å². The number of rotatable bonds is 6. The Morgan fingerprint density at radius 2 is 1.70 bits per heavy atom. The lowest BCUT2D eigenvalue weighted by atomic mass is 10.1. The molecule has 144 valence electrons. The maximum Gasteiger partial charge on any atom is 0.337 e. The Morgan fingerprint density at radius 1 is 1.00 bits per heavy atom. The third-order valence-corrected chi connectivity index (χ3v) is 4.86. The smallest absolute Gasteiger partial charge is 0.337 e. The first-order valence-electron chi connectivity index (χ1n) is 9.03. The number of benzene rings is 2. The van der Waals surface area contributed by atoms with Crippen molar-refractivity contribution >= 4 is 5.97 Å². The van der Waals surface area contributed by atoms with Gasteiger partial charge in [-0.3, -0.25) is 9.80 Å². The molecule has 0 aromatic heterocycles. The summed E-state index contributed by atoms with van der Waals surface area (Å²) in [7, 11) is 3.00. The second-order valence-corrected chi connectivity index (χ2v) is 6.70. The topological polar surface area (TPSA) is 42.0 Å². The van der Waals surface area contributed by atoms with E-state index < -0.39 is 0 Å². The van der Waals surface area contributed by atoms with Gasteiger partial charge in [-0.1, -0.05) is 12.1 Å². The van der Waals surface area contributed by atoms with Crippen molar-refractivity contribution < 1.29 is 18.7 Å². The molecular formula is C21H25FN2O3. The molecule has 0 bridgehead atoms. The summed E-state index contributed by atoms with van der Waals surface area (Å²) in [6.07, 6.45) is 0. The summed E-state index contributed by atoms with van der Waals surface area (Å²) in [5.41, 5.74) is 2.54. The van der Waals surface area contributed by atoms with Gasteiger partial charge < -0.3 is 9.47 Å². The van der Waals surface area contributed by atoms with Gasteiger partial charge in [-0.2, -0.15) is 0 Å². The lowest BCUT2D eigenvalue weighted by molar-refractivity contribution is 0.0600. The molecular weight excluding hydrogens is 347 g/mol. The molecule has 2 aromatic carbocycles. The summed E-state index contributed by atoms with van der Waals surface area (Å²) >= 11 is 0. The minimum Gasteiger partial charge on any atom is -0.496 e. The van der Waals surface area contributed by atoms with Gasteiger partial charge in [-0.05, 0) is 35.9 Å². The average Bonchev–Trinajstić information content (AvgIpc) is 2.69. The van der Waals surface area contributed by atoms with Crippen LogP contribution in [0.15, 0.2) is 42.5 Å². The first kappa shape index (κ1) is 19.3. The Morgan fingerprint density at radius 3 is 2.37 bits per heavy atom. The van der Waals surface area contributed by atoms with Gasteiger partial charge in [0.05, 0.1) is 19.8 Å². The van der Waals surface area contributed by atoms with Crippen molar-refractivity contribution in [3.8, 4) is 5.75 Å². The molecule has 3 rings (SSSR count). The number of methoxy groups -OCH3 is 2. The molecule has 1 fully saturated rings. The van der Waals surface area contributed by atoms with Gasteiger partial charge in [0, 0.05) is 44.8 Å². The number of carbonyl (C=O) groups excluding carboxylic acids is 1. The summed E-state index contributed by atoms with van der Waals surface area (Å²) < 4.78 is 23.7. The van der Waals surface area contributed by atoms with Crippen molar-refractivity contribution in [3.05, 3.63) is 65.0 Å². The Labute approximate surface area is 159 Å². The van der Waals surface area contributed by atoms with Crippen LogP contribution in [0.4, 0.5) is 4.39 Å². The zero-order valence-electron chi connectivity index (χ0n) is 15.8. The summed E-state index contributed by atoms with van der Waals surface area (Å²) in [6.45, 7) is 5.10. The number of nitrogens with zero attached hydrogens (tertiary/aromatic N) is 2. The Balaban J connectivity index is 1.55. The van der Waals surface area contributed by atoms with E-state index in [0.29, 0.717) is 12.1 Å². The van der Waals surface area contributed by atoms with E-state index in [1.807, 2.05) is 18.2 Å². The summed E-state index contributed by atoms with van der Waals surface area (Å²) in [4.78, 5) is 16.3. The summed E-state index contributed by atoms with van der Waals surface area (Å²) in [5.74, 6) is 0.166. The predicted molar refractivity (Wildman–Crippen MR) is 101 cm³/mol. The summed E-state index contributed by atoms with van der Waals surface area (Å²) in [5, 5.41) is 0. The van der Waals surface area contributed by atoms with Crippen LogP contribution in [0, 0.1) is 5.82 Å². The second-order valence-electron chi connectivity index (χ2n) is 6.70. The largest absolute Gasteiger partial charge is 0.496 e. The molecule has 0 aliphatic carbocycles. The van der Waals surface area contributed by atoms with E-state index in [2.05, 4.69) is 9.80 Å². The van der Waals surface area contributed by atoms with E-state index in [-0.39, 0.29) is 11.8 Å². The average molecular weight is 372 g/mol. The van der Waals surface area contributed by atoms with Crippen LogP contribution in [0.25, 0.3) is 0 Å². The molecule has 1 heterocycles. The van der Waals surface area contributed by atoms with E-state index >= 15 is 0 Å². The molecule has 0 saturated carbocycles. The van der Waals surface area contributed by atoms with E-state index in [1.54, 1.807) is 25.3 Å². The van der Waals surface area contributed by atoms with Crippen LogP contribution < -0.4 is 4.74 Å². The fourth-order valence-electron chi connectivity index (χ4n) is 3.39. The first-order chi connectivity index (χ1) is 13.1. The molecule has 0 unspecified atom stereocenters. The molecule has 0 atom stereocenters. The molecule has 6 heteroatoms. The van der Waals surface area contributed by atoms with Crippen LogP contribution in [0.2, 0.25) is 0 Å². The number of esters is 1. The quantitative estimate of drug-likeness (QED) is 0.730. The van der Waals surface area contributed by atoms with E-state index in [9.17, 15) is 9.18 Å². The molecule has 1 aliphatic heterocycles. The van der Waals surface area contributed by atoms with Gasteiger partial charge in [-0.25, -0.2) is 9.18 Å². The van der Waals surface area contributed by atoms with Crippen molar-refractivity contribution in [1.82, 2.24) is 9.80 Å². The fourth-order valence-corrected chi connectivity index (χ4v) is 3.39. The van der Waals surface area contributed by atoms with Crippen LogP contribution in [-0.4, -0.2) is 56.2 Å². The number of hydrogen-bond acceptors (Lipinski definition) is 5. The molecule has 27 heavy (non-hydrogen) atoms. The van der Waals surface area contributed by atoms with Crippen molar-refractivity contribution in [2.24, 2.45) is 0 Å². The van der Waals surface area contributed by atoms with E-state index in [0.717, 1.165) is 49.6 Å². The Hall–Kier alpha value is -2.44. The molecule has 0 spiro atoms. The molecule has 1 saturated heterocycles. The molecule has 0 N–H and O–H groups in total. The van der Waals surface area contributed by atoms with Crippen LogP contribution in [0.3, 0.4) is 0 Å². The highest BCUT2D eigenvalue weighted by Gasteiger charge is 2.19. The molecule has 5 nitrogen and oxygen atoms in total. The molecule has 2 aromatic rings. The Bertz CT molecular complexity index is 789. The third kappa shape index (κ3) is 5.05. The number of halogens is 1. The maximum absolute atomic E-state index is 13.5. The minimum absolute atomic E-state index is 0.241. The number of hydrogen-bond donors (Lipinski definition) is 0. The highest BCUT2D eigenvalue weighted by Crippen LogP contribution is 2.22. The number of piperazine rings is 1. The van der Waals surface area contributed by atoms with Gasteiger partial charge in [0.2, 0.25) is 0 Å². The summed E-state index contributed by atoms with van der Waals surface area (Å²) in [6, 6.07) is 12.2. The maximum atomic E-state index is 13.5. The SMILES string of the molecule is COC(=O)c1cccc(CN2CCN(Cc3cc(F)ccc3OC)CC2)c1. The van der Waals surface area contributed by atoms with Gasteiger partial charge in [0.15, 0.2) is 0 Å². The normalized spacial score (nSPS) is 15.5. The van der Waals surface area contributed by atoms with Crippen LogP contribution in [0.1, 0.15) is 21.5 Å². The third-order valence-electron chi connectivity index (χ3n) is 4.86. The highest BCUT2D eigenvalue weighted by molar-refractivity contribution is 5.89. The fraction of sp³-hybridized carbons (Fsp3) is 0.381. The first-order valence-corrected chi connectivity index (χ1v) is 9.03. The molecule has 0 radical (unpaired) electrons. The standard InChI is InChI=1S/C21H25FN2O3/c1-26-20-7-6-19(22)13-18(20)15-24-10-8-23(9-11-24)14-16-4-3-5-17(12-16)21(25)27-2/h3-7,12-13H,8-11,14-15H2,1-2H3. The zero-order valence-corrected chi connectivity index (χ0v) is 15.8. The predicted octanol–water partition coefficient (Wildman–Crippen LogP) is 2.94. The van der Waals surface area contributed by atoms with Crippen molar-refractivity contribution in [3.63, 3.8) is 0 Å². The van der Waals surface area contributed by atoms with Crippen molar-refractivity contribution in [1.29, 1.82) is 0 Å². The van der Waals surface area contributed by atoms with Crippen LogP contribution >= 0.6 is 0 Å². The number of carbonyl (C=O) groups is 1. The zero-order chi connectivity index (χ0) is 19.2. The molecule has 1 aliphatic rings. The van der Waals surface area contributed by atoms with E-state index in [4.69, 9.17) is 9.47 Å².